The van der Waals surface area contributed by atoms with Crippen LogP contribution in [0.2, 0.25) is 0 Å². The number of aromatic nitrogens is 2. The maximum Gasteiger partial charge on any atom is 0.497 e. The Kier molecular flexibility index (Phi) is 4.58. The average Bonchev–Trinajstić information content (AvgIpc) is 2.90. The van der Waals surface area contributed by atoms with Crippen molar-refractivity contribution in [3.63, 3.8) is 0 Å². The normalized spacial score (nSPS) is 12.5. The van der Waals surface area contributed by atoms with Crippen LogP contribution in [0, 0.1) is 0 Å². The van der Waals surface area contributed by atoms with Gasteiger partial charge >= 0.3 is 7.12 Å². The van der Waals surface area contributed by atoms with E-state index in [4.69, 9.17) is 10.4 Å². The topological polar surface area (TPSA) is 101 Å². The molecule has 0 saturated heterocycles. The minimum absolute atomic E-state index is 0.148. The molecule has 0 amide bonds. The smallest absolute Gasteiger partial charge is 0.423 e. The second-order valence-electron chi connectivity index (χ2n) is 6.09. The monoisotopic (exact) mass is 321 g/mol. The van der Waals surface area contributed by atoms with Gasteiger partial charge in [-0.1, -0.05) is 0 Å². The van der Waals surface area contributed by atoms with Crippen LogP contribution in [0.25, 0.3) is 11.4 Å². The van der Waals surface area contributed by atoms with E-state index in [-0.39, 0.29) is 11.3 Å². The molecule has 2 aromatic rings. The van der Waals surface area contributed by atoms with E-state index in [9.17, 15) is 10.1 Å². The number of hydrogen-bond acceptors (Lipinski definition) is 7. The Morgan fingerprint density at radius 3 is 2.50 bits per heavy atom. The Bertz CT molecular complexity index is 641. The first kappa shape index (κ1) is 16.9. The van der Waals surface area contributed by atoms with Gasteiger partial charge in [-0.3, -0.25) is 0 Å². The number of nitrogens with zero attached hydrogens (tertiary/aromatic N) is 2. The molecule has 8 heteroatoms. The predicted molar refractivity (Wildman–Crippen MR) is 88.8 cm³/mol. The fraction of sp³-hybridized carbons (Fsp3) is 0.429. The van der Waals surface area contributed by atoms with E-state index in [1.165, 1.54) is 17.5 Å². The summed E-state index contributed by atoms with van der Waals surface area (Å²) in [5.74, 6) is 0.645. The summed E-state index contributed by atoms with van der Waals surface area (Å²) in [6.07, 6.45) is 1.44. The summed E-state index contributed by atoms with van der Waals surface area (Å²) < 4.78 is 5.55. The molecule has 0 unspecified atom stereocenters. The van der Waals surface area contributed by atoms with Crippen molar-refractivity contribution in [2.45, 2.75) is 38.9 Å². The molecule has 0 atom stereocenters. The first-order valence-electron chi connectivity index (χ1n) is 6.85. The standard InChI is InChI=1S/C14H20BN3O3S/c1-13(2,19)14(3,4)21-15(20)10-7-17-12(18-11(10)16)9-5-6-22-8-9/h5-8,19-20H,1-4H3,(H2,16,17,18). The summed E-state index contributed by atoms with van der Waals surface area (Å²) in [6.45, 7) is 6.60. The van der Waals surface area contributed by atoms with E-state index in [1.807, 2.05) is 16.8 Å². The molecule has 4 N–H and O–H groups in total. The Balaban J connectivity index is 2.23. The van der Waals surface area contributed by atoms with Gasteiger partial charge in [0.1, 0.15) is 5.82 Å². The fourth-order valence-corrected chi connectivity index (χ4v) is 2.25. The van der Waals surface area contributed by atoms with E-state index in [0.29, 0.717) is 5.82 Å². The van der Waals surface area contributed by atoms with Gasteiger partial charge in [0, 0.05) is 22.6 Å². The lowest BCUT2D eigenvalue weighted by atomic mass is 9.77. The maximum atomic E-state index is 10.2. The van der Waals surface area contributed by atoms with E-state index >= 15 is 0 Å². The molecule has 2 rings (SSSR count). The van der Waals surface area contributed by atoms with Gasteiger partial charge in [0.15, 0.2) is 5.82 Å². The first-order valence-corrected chi connectivity index (χ1v) is 7.79. The Morgan fingerprint density at radius 1 is 1.32 bits per heavy atom. The zero-order chi connectivity index (χ0) is 16.5. The predicted octanol–water partition coefficient (Wildman–Crippen LogP) is 1.04. The van der Waals surface area contributed by atoms with Gasteiger partial charge in [-0.25, -0.2) is 9.97 Å². The maximum absolute atomic E-state index is 10.2. The number of nitrogen functional groups attached to an aromatic ring is 1. The third-order valence-electron chi connectivity index (χ3n) is 3.77. The molecule has 0 spiro atoms. The number of rotatable bonds is 5. The highest BCUT2D eigenvalue weighted by Gasteiger charge is 2.40. The molecule has 118 valence electrons. The number of thiophene rings is 1. The van der Waals surface area contributed by atoms with Crippen LogP contribution in [0.3, 0.4) is 0 Å². The fourth-order valence-electron chi connectivity index (χ4n) is 1.61. The van der Waals surface area contributed by atoms with Crippen LogP contribution < -0.4 is 11.2 Å². The van der Waals surface area contributed by atoms with Crippen molar-refractivity contribution >= 4 is 29.7 Å². The van der Waals surface area contributed by atoms with Crippen molar-refractivity contribution in [1.82, 2.24) is 9.97 Å². The molecule has 0 aliphatic heterocycles. The number of aliphatic hydroxyl groups is 1. The minimum atomic E-state index is -1.32. The summed E-state index contributed by atoms with van der Waals surface area (Å²) >= 11 is 1.54. The quantitative estimate of drug-likeness (QED) is 0.711. The van der Waals surface area contributed by atoms with E-state index in [0.717, 1.165) is 5.56 Å². The molecule has 22 heavy (non-hydrogen) atoms. The van der Waals surface area contributed by atoms with Crippen molar-refractivity contribution in [2.75, 3.05) is 5.73 Å². The molecular weight excluding hydrogens is 301 g/mol. The van der Waals surface area contributed by atoms with Crippen LogP contribution in [-0.2, 0) is 4.65 Å². The summed E-state index contributed by atoms with van der Waals surface area (Å²) in [4.78, 5) is 8.41. The molecule has 0 aliphatic carbocycles. The molecule has 0 fully saturated rings. The highest BCUT2D eigenvalue weighted by atomic mass is 32.1. The van der Waals surface area contributed by atoms with Crippen molar-refractivity contribution in [3.05, 3.63) is 23.0 Å². The van der Waals surface area contributed by atoms with Gasteiger partial charge in [0.05, 0.1) is 11.2 Å². The zero-order valence-electron chi connectivity index (χ0n) is 13.1. The lowest BCUT2D eigenvalue weighted by Gasteiger charge is -2.38. The lowest BCUT2D eigenvalue weighted by molar-refractivity contribution is -0.0982. The summed E-state index contributed by atoms with van der Waals surface area (Å²) in [7, 11) is -1.32. The molecule has 6 nitrogen and oxygen atoms in total. The van der Waals surface area contributed by atoms with Crippen LogP contribution in [0.15, 0.2) is 23.0 Å². The second-order valence-corrected chi connectivity index (χ2v) is 6.87. The van der Waals surface area contributed by atoms with Crippen molar-refractivity contribution in [3.8, 4) is 11.4 Å². The van der Waals surface area contributed by atoms with E-state index in [2.05, 4.69) is 9.97 Å². The lowest BCUT2D eigenvalue weighted by Crippen LogP contribution is -2.53. The molecule has 2 aromatic heterocycles. The average molecular weight is 321 g/mol. The van der Waals surface area contributed by atoms with Crippen LogP contribution in [0.1, 0.15) is 27.7 Å². The second kappa shape index (κ2) is 5.96. The summed E-state index contributed by atoms with van der Waals surface area (Å²) in [6, 6.07) is 1.89. The van der Waals surface area contributed by atoms with E-state index < -0.39 is 18.3 Å². The van der Waals surface area contributed by atoms with Crippen LogP contribution in [-0.4, -0.2) is 38.4 Å². The van der Waals surface area contributed by atoms with Crippen LogP contribution in [0.5, 0.6) is 0 Å². The van der Waals surface area contributed by atoms with Gasteiger partial charge in [-0.05, 0) is 39.1 Å². The minimum Gasteiger partial charge on any atom is -0.423 e. The van der Waals surface area contributed by atoms with E-state index in [1.54, 1.807) is 27.7 Å². The van der Waals surface area contributed by atoms with Gasteiger partial charge in [-0.2, -0.15) is 11.3 Å². The van der Waals surface area contributed by atoms with Gasteiger partial charge in [-0.15, -0.1) is 0 Å². The van der Waals surface area contributed by atoms with Gasteiger partial charge in [0.25, 0.3) is 0 Å². The molecule has 0 radical (unpaired) electrons. The van der Waals surface area contributed by atoms with Gasteiger partial charge < -0.3 is 20.5 Å². The Hall–Kier alpha value is -1.48. The highest BCUT2D eigenvalue weighted by Crippen LogP contribution is 2.25. The SMILES string of the molecule is CC(C)(O)C(C)(C)OB(O)c1cnc(-c2ccsc2)nc1N. The number of hydrogen-bond donors (Lipinski definition) is 3. The number of anilines is 1. The summed E-state index contributed by atoms with van der Waals surface area (Å²) in [5, 5.41) is 24.2. The Labute approximate surface area is 134 Å². The molecule has 0 bridgehead atoms. The van der Waals surface area contributed by atoms with Crippen LogP contribution >= 0.6 is 11.3 Å². The van der Waals surface area contributed by atoms with Gasteiger partial charge in [0.2, 0.25) is 0 Å². The molecule has 2 heterocycles. The number of nitrogens with two attached hydrogens (primary N) is 1. The van der Waals surface area contributed by atoms with Crippen molar-refractivity contribution in [2.24, 2.45) is 0 Å². The molecule has 0 saturated carbocycles. The largest absolute Gasteiger partial charge is 0.497 e. The van der Waals surface area contributed by atoms with Crippen molar-refractivity contribution in [1.29, 1.82) is 0 Å². The third-order valence-corrected chi connectivity index (χ3v) is 4.46. The van der Waals surface area contributed by atoms with Crippen LogP contribution in [0.4, 0.5) is 5.82 Å². The molecule has 0 aromatic carbocycles. The zero-order valence-corrected chi connectivity index (χ0v) is 13.9. The third kappa shape index (κ3) is 3.46. The molecule has 0 aliphatic rings. The Morgan fingerprint density at radius 2 is 2.00 bits per heavy atom. The van der Waals surface area contributed by atoms with Crippen molar-refractivity contribution < 1.29 is 14.8 Å². The highest BCUT2D eigenvalue weighted by molar-refractivity contribution is 7.08. The molecular formula is C14H20BN3O3S. The summed E-state index contributed by atoms with van der Waals surface area (Å²) in [5.41, 5.74) is 4.93. The first-order chi connectivity index (χ1) is 10.1.